The molecule has 0 spiro atoms. The molecule has 0 saturated heterocycles. The summed E-state index contributed by atoms with van der Waals surface area (Å²) in [6.45, 7) is 0. The SMILES string of the molecule is CSNSC.Cl. The van der Waals surface area contributed by atoms with Crippen molar-refractivity contribution in [1.29, 1.82) is 0 Å². The van der Waals surface area contributed by atoms with Crippen LogP contribution in [0, 0.1) is 0 Å². The summed E-state index contributed by atoms with van der Waals surface area (Å²) in [5, 5.41) is 0. The normalized spacial score (nSPS) is 7.00. The van der Waals surface area contributed by atoms with Crippen molar-refractivity contribution in [2.24, 2.45) is 0 Å². The molecule has 4 heteroatoms. The van der Waals surface area contributed by atoms with Crippen LogP contribution >= 0.6 is 36.3 Å². The summed E-state index contributed by atoms with van der Waals surface area (Å²) in [4.78, 5) is 0. The molecule has 0 amide bonds. The van der Waals surface area contributed by atoms with E-state index >= 15 is 0 Å². The van der Waals surface area contributed by atoms with Crippen LogP contribution in [0.1, 0.15) is 0 Å². The fraction of sp³-hybridized carbons (Fsp3) is 1.00. The second kappa shape index (κ2) is 9.34. The molecule has 0 rings (SSSR count). The zero-order valence-corrected chi connectivity index (χ0v) is 6.17. The maximum atomic E-state index is 2.94. The number of rotatable bonds is 2. The highest BCUT2D eigenvalue weighted by molar-refractivity contribution is 8.12. The highest BCUT2D eigenvalue weighted by atomic mass is 35.5. The lowest BCUT2D eigenvalue weighted by molar-refractivity contribution is 1.76. The van der Waals surface area contributed by atoms with Crippen molar-refractivity contribution in [1.82, 2.24) is 4.13 Å². The number of halogens is 1. The molecule has 0 unspecified atom stereocenters. The summed E-state index contributed by atoms with van der Waals surface area (Å²) in [6.07, 6.45) is 3.99. The molecule has 0 aromatic heterocycles. The molecule has 1 N–H and O–H groups in total. The molecule has 0 aliphatic carbocycles. The number of nitrogens with one attached hydrogen (secondary N) is 1. The van der Waals surface area contributed by atoms with Crippen molar-refractivity contribution in [2.75, 3.05) is 12.5 Å². The minimum Gasteiger partial charge on any atom is -0.208 e. The lowest BCUT2D eigenvalue weighted by atomic mass is 12.0. The van der Waals surface area contributed by atoms with E-state index in [1.807, 2.05) is 12.5 Å². The Bertz CT molecular complexity index is 19.0. The monoisotopic (exact) mass is 145 g/mol. The molecule has 0 aromatic carbocycles. The maximum absolute atomic E-state index is 2.94. The van der Waals surface area contributed by atoms with Crippen LogP contribution in [0.15, 0.2) is 0 Å². The van der Waals surface area contributed by atoms with Crippen molar-refractivity contribution < 1.29 is 0 Å². The van der Waals surface area contributed by atoms with Crippen molar-refractivity contribution in [2.45, 2.75) is 0 Å². The first-order chi connectivity index (χ1) is 2.41. The van der Waals surface area contributed by atoms with E-state index in [0.29, 0.717) is 0 Å². The van der Waals surface area contributed by atoms with Gasteiger partial charge in [0.05, 0.1) is 0 Å². The van der Waals surface area contributed by atoms with E-state index in [2.05, 4.69) is 4.13 Å². The maximum Gasteiger partial charge on any atom is -0.00291 e. The average Bonchev–Trinajstić information content (AvgIpc) is 1.41. The Labute approximate surface area is 53.3 Å². The van der Waals surface area contributed by atoms with Gasteiger partial charge in [0.15, 0.2) is 0 Å². The average molecular weight is 146 g/mol. The van der Waals surface area contributed by atoms with E-state index in [4.69, 9.17) is 0 Å². The van der Waals surface area contributed by atoms with Gasteiger partial charge in [0, 0.05) is 0 Å². The van der Waals surface area contributed by atoms with Gasteiger partial charge in [-0.25, -0.2) is 4.13 Å². The minimum atomic E-state index is 0. The Kier molecular flexibility index (Phi) is 15.6. The molecule has 0 aliphatic rings. The number of hydrogen-bond donors (Lipinski definition) is 1. The van der Waals surface area contributed by atoms with E-state index < -0.39 is 0 Å². The highest BCUT2D eigenvalue weighted by Crippen LogP contribution is 1.90. The molecule has 0 saturated carbocycles. The zero-order chi connectivity index (χ0) is 4.12. The molecular formula is C2H8ClNS2. The second-order valence-corrected chi connectivity index (χ2v) is 1.97. The van der Waals surface area contributed by atoms with Gasteiger partial charge in [-0.1, -0.05) is 23.9 Å². The minimum absolute atomic E-state index is 0. The summed E-state index contributed by atoms with van der Waals surface area (Å²) in [6, 6.07) is 0. The highest BCUT2D eigenvalue weighted by Gasteiger charge is 1.63. The molecule has 0 atom stereocenters. The summed E-state index contributed by atoms with van der Waals surface area (Å²) >= 11 is 3.23. The Morgan fingerprint density at radius 2 is 1.50 bits per heavy atom. The van der Waals surface area contributed by atoms with Crippen LogP contribution in [0.25, 0.3) is 0 Å². The Morgan fingerprint density at radius 1 is 1.17 bits per heavy atom. The molecule has 0 aromatic rings. The fourth-order valence-electron chi connectivity index (χ4n) is 0.0833. The largest absolute Gasteiger partial charge is 0.208 e. The van der Waals surface area contributed by atoms with Gasteiger partial charge in [0.1, 0.15) is 0 Å². The van der Waals surface area contributed by atoms with Gasteiger partial charge in [-0.3, -0.25) is 0 Å². The van der Waals surface area contributed by atoms with E-state index in [1.54, 1.807) is 23.9 Å². The van der Waals surface area contributed by atoms with E-state index in [1.165, 1.54) is 0 Å². The predicted molar refractivity (Wildman–Crippen MR) is 37.4 cm³/mol. The first kappa shape index (κ1) is 10.0. The predicted octanol–water partition coefficient (Wildman–Crippen LogP) is 1.55. The summed E-state index contributed by atoms with van der Waals surface area (Å²) in [7, 11) is 0. The van der Waals surface area contributed by atoms with Crippen molar-refractivity contribution >= 4 is 36.3 Å². The Hall–Kier alpha value is 0.950. The third-order valence-corrected chi connectivity index (χ3v) is 1.50. The van der Waals surface area contributed by atoms with Gasteiger partial charge in [0.25, 0.3) is 0 Å². The van der Waals surface area contributed by atoms with Crippen LogP contribution in [0.2, 0.25) is 0 Å². The van der Waals surface area contributed by atoms with Gasteiger partial charge < -0.3 is 0 Å². The molecule has 0 heterocycles. The first-order valence-electron chi connectivity index (χ1n) is 1.22. The van der Waals surface area contributed by atoms with Crippen LogP contribution in [-0.4, -0.2) is 12.5 Å². The molecule has 0 bridgehead atoms. The summed E-state index contributed by atoms with van der Waals surface area (Å²) in [5.74, 6) is 0. The van der Waals surface area contributed by atoms with E-state index in [-0.39, 0.29) is 12.4 Å². The summed E-state index contributed by atoms with van der Waals surface area (Å²) < 4.78 is 2.94. The molecule has 40 valence electrons. The molecule has 6 heavy (non-hydrogen) atoms. The van der Waals surface area contributed by atoms with Crippen LogP contribution in [0.3, 0.4) is 0 Å². The fourth-order valence-corrected chi connectivity index (χ4v) is 0.750. The lowest BCUT2D eigenvalue weighted by Crippen LogP contribution is -1.80. The molecule has 0 radical (unpaired) electrons. The van der Waals surface area contributed by atoms with Crippen LogP contribution in [0.4, 0.5) is 0 Å². The first-order valence-corrected chi connectivity index (χ1v) is 3.67. The van der Waals surface area contributed by atoms with Gasteiger partial charge in [-0.2, -0.15) is 0 Å². The zero-order valence-electron chi connectivity index (χ0n) is 3.72. The second-order valence-electron chi connectivity index (χ2n) is 0.492. The standard InChI is InChI=1S/C2H7NS2.ClH/c1-4-3-5-2;/h3H,1-2H3;1H. The van der Waals surface area contributed by atoms with E-state index in [0.717, 1.165) is 0 Å². The summed E-state index contributed by atoms with van der Waals surface area (Å²) in [5.41, 5.74) is 0. The third-order valence-electron chi connectivity index (χ3n) is 0.167. The topological polar surface area (TPSA) is 12.0 Å². The van der Waals surface area contributed by atoms with Crippen molar-refractivity contribution in [3.63, 3.8) is 0 Å². The lowest BCUT2D eigenvalue weighted by Gasteiger charge is -1.84. The van der Waals surface area contributed by atoms with Gasteiger partial charge in [-0.05, 0) is 12.5 Å². The number of hydrogen-bond acceptors (Lipinski definition) is 3. The third kappa shape index (κ3) is 8.87. The quantitative estimate of drug-likeness (QED) is 0.593. The molecular weight excluding hydrogens is 138 g/mol. The van der Waals surface area contributed by atoms with Gasteiger partial charge in [0.2, 0.25) is 0 Å². The van der Waals surface area contributed by atoms with Crippen LogP contribution < -0.4 is 4.13 Å². The molecule has 0 aliphatic heterocycles. The molecule has 1 nitrogen and oxygen atoms in total. The smallest absolute Gasteiger partial charge is 0.00291 e. The van der Waals surface area contributed by atoms with Crippen molar-refractivity contribution in [3.8, 4) is 0 Å². The van der Waals surface area contributed by atoms with Gasteiger partial charge in [-0.15, -0.1) is 12.4 Å². The van der Waals surface area contributed by atoms with Gasteiger partial charge >= 0.3 is 0 Å². The van der Waals surface area contributed by atoms with E-state index in [9.17, 15) is 0 Å². The van der Waals surface area contributed by atoms with Crippen LogP contribution in [-0.2, 0) is 0 Å². The van der Waals surface area contributed by atoms with Crippen LogP contribution in [0.5, 0.6) is 0 Å². The van der Waals surface area contributed by atoms with Crippen molar-refractivity contribution in [3.05, 3.63) is 0 Å². The molecule has 0 fully saturated rings. The Morgan fingerprint density at radius 3 is 1.50 bits per heavy atom. The Balaban J connectivity index is 0.